The minimum Gasteiger partial charge on any atom is -0.507 e. The van der Waals surface area contributed by atoms with E-state index in [2.05, 4.69) is 46.9 Å². The van der Waals surface area contributed by atoms with Gasteiger partial charge in [-0.25, -0.2) is 0 Å². The zero-order valence-corrected chi connectivity index (χ0v) is 16.2. The molecule has 0 aliphatic heterocycles. The predicted octanol–water partition coefficient (Wildman–Crippen LogP) is 3.68. The summed E-state index contributed by atoms with van der Waals surface area (Å²) in [6.45, 7) is 13.6. The second-order valence-corrected chi connectivity index (χ2v) is 8.38. The lowest BCUT2D eigenvalue weighted by Gasteiger charge is -2.28. The molecule has 0 aliphatic rings. The molecule has 0 aliphatic carbocycles. The number of methoxy groups -OCH3 is 1. The van der Waals surface area contributed by atoms with Crippen LogP contribution >= 0.6 is 0 Å². The van der Waals surface area contributed by atoms with Crippen LogP contribution in [0.1, 0.15) is 64.7 Å². The number of ether oxygens (including phenoxy) is 1. The van der Waals surface area contributed by atoms with Crippen LogP contribution < -0.4 is 5.32 Å². The largest absolute Gasteiger partial charge is 0.507 e. The highest BCUT2D eigenvalue weighted by molar-refractivity contribution is 5.76. The number of benzene rings is 1. The van der Waals surface area contributed by atoms with Crippen molar-refractivity contribution in [2.75, 3.05) is 20.3 Å². The van der Waals surface area contributed by atoms with Gasteiger partial charge in [-0.15, -0.1) is 0 Å². The summed E-state index contributed by atoms with van der Waals surface area (Å²) in [5.74, 6) is 0.401. The maximum atomic E-state index is 11.9. The molecule has 0 saturated heterocycles. The van der Waals surface area contributed by atoms with Crippen LogP contribution in [0, 0.1) is 0 Å². The van der Waals surface area contributed by atoms with Gasteiger partial charge in [0.15, 0.2) is 0 Å². The van der Waals surface area contributed by atoms with Gasteiger partial charge in [0.1, 0.15) is 5.75 Å². The number of nitrogens with one attached hydrogen (secondary N) is 1. The van der Waals surface area contributed by atoms with Gasteiger partial charge >= 0.3 is 0 Å². The van der Waals surface area contributed by atoms with Crippen LogP contribution in [0.5, 0.6) is 5.75 Å². The zero-order chi connectivity index (χ0) is 18.5. The Balaban J connectivity index is 3.01. The summed E-state index contributed by atoms with van der Waals surface area (Å²) in [5, 5.41) is 13.6. The molecule has 1 amide bonds. The van der Waals surface area contributed by atoms with E-state index >= 15 is 0 Å². The number of hydrogen-bond acceptors (Lipinski definition) is 3. The molecule has 0 aromatic heterocycles. The molecule has 1 aromatic carbocycles. The van der Waals surface area contributed by atoms with E-state index in [1.165, 1.54) is 0 Å². The Morgan fingerprint density at radius 2 is 1.58 bits per heavy atom. The van der Waals surface area contributed by atoms with Crippen molar-refractivity contribution in [1.82, 2.24) is 5.32 Å². The number of phenolic OH excluding ortho intramolecular Hbond substituents is 1. The average Bonchev–Trinajstić information content (AvgIpc) is 2.44. The summed E-state index contributed by atoms with van der Waals surface area (Å²) in [7, 11) is 1.62. The molecule has 24 heavy (non-hydrogen) atoms. The minimum atomic E-state index is -0.152. The van der Waals surface area contributed by atoms with Crippen LogP contribution in [0.15, 0.2) is 12.1 Å². The lowest BCUT2D eigenvalue weighted by atomic mass is 9.78. The molecule has 0 heterocycles. The molecule has 0 atom stereocenters. The second kappa shape index (κ2) is 8.02. The Morgan fingerprint density at radius 1 is 1.08 bits per heavy atom. The SMILES string of the molecule is COCCNC(=O)CCc1cc(C(C)(C)C)c(O)c(C(C)(C)C)c1. The van der Waals surface area contributed by atoms with Gasteiger partial charge in [0, 0.05) is 20.1 Å². The molecule has 4 nitrogen and oxygen atoms in total. The molecule has 1 rings (SSSR count). The van der Waals surface area contributed by atoms with Crippen molar-refractivity contribution in [1.29, 1.82) is 0 Å². The monoisotopic (exact) mass is 335 g/mol. The first-order chi connectivity index (χ1) is 11.0. The Hall–Kier alpha value is -1.55. The molecule has 2 N–H and O–H groups in total. The second-order valence-electron chi connectivity index (χ2n) is 8.38. The van der Waals surface area contributed by atoms with Gasteiger partial charge in [-0.05, 0) is 33.9 Å². The number of aryl methyl sites for hydroxylation is 1. The van der Waals surface area contributed by atoms with Crippen LogP contribution in [0.25, 0.3) is 0 Å². The number of phenols is 1. The van der Waals surface area contributed by atoms with E-state index in [-0.39, 0.29) is 16.7 Å². The molecular weight excluding hydrogens is 302 g/mol. The van der Waals surface area contributed by atoms with Crippen LogP contribution in [-0.4, -0.2) is 31.3 Å². The predicted molar refractivity (Wildman–Crippen MR) is 98.7 cm³/mol. The van der Waals surface area contributed by atoms with E-state index in [4.69, 9.17) is 4.74 Å². The van der Waals surface area contributed by atoms with Crippen LogP contribution in [-0.2, 0) is 26.8 Å². The number of carbonyl (C=O) groups excluding carboxylic acids is 1. The van der Waals surface area contributed by atoms with Gasteiger partial charge in [0.05, 0.1) is 6.61 Å². The molecule has 0 saturated carbocycles. The highest BCUT2D eigenvalue weighted by atomic mass is 16.5. The molecule has 1 aromatic rings. The van der Waals surface area contributed by atoms with Crippen LogP contribution in [0.2, 0.25) is 0 Å². The van der Waals surface area contributed by atoms with E-state index in [1.54, 1.807) is 7.11 Å². The van der Waals surface area contributed by atoms with Gasteiger partial charge in [-0.2, -0.15) is 0 Å². The summed E-state index contributed by atoms with van der Waals surface area (Å²) in [6, 6.07) is 4.07. The van der Waals surface area contributed by atoms with Gasteiger partial charge in [0.25, 0.3) is 0 Å². The molecule has 136 valence electrons. The first-order valence-corrected chi connectivity index (χ1v) is 8.59. The quantitative estimate of drug-likeness (QED) is 0.780. The van der Waals surface area contributed by atoms with Crippen molar-refractivity contribution in [3.8, 4) is 5.75 Å². The van der Waals surface area contributed by atoms with E-state index < -0.39 is 0 Å². The third-order valence-electron chi connectivity index (χ3n) is 4.05. The molecule has 0 radical (unpaired) electrons. The van der Waals surface area contributed by atoms with Crippen molar-refractivity contribution in [2.45, 2.75) is 65.2 Å². The van der Waals surface area contributed by atoms with Gasteiger partial charge in [-0.3, -0.25) is 4.79 Å². The van der Waals surface area contributed by atoms with Crippen molar-refractivity contribution < 1.29 is 14.6 Å². The molecular formula is C20H33NO3. The first-order valence-electron chi connectivity index (χ1n) is 8.59. The summed E-state index contributed by atoms with van der Waals surface area (Å²) in [6.07, 6.45) is 1.09. The van der Waals surface area contributed by atoms with Gasteiger partial charge in [0.2, 0.25) is 5.91 Å². The molecule has 4 heteroatoms. The topological polar surface area (TPSA) is 58.6 Å². The maximum Gasteiger partial charge on any atom is 0.220 e. The lowest BCUT2D eigenvalue weighted by Crippen LogP contribution is -2.27. The summed E-state index contributed by atoms with van der Waals surface area (Å²) >= 11 is 0. The van der Waals surface area contributed by atoms with Gasteiger partial charge < -0.3 is 15.2 Å². The van der Waals surface area contributed by atoms with Crippen LogP contribution in [0.4, 0.5) is 0 Å². The van der Waals surface area contributed by atoms with E-state index in [9.17, 15) is 9.90 Å². The zero-order valence-electron chi connectivity index (χ0n) is 16.2. The molecule has 0 bridgehead atoms. The fourth-order valence-electron chi connectivity index (χ4n) is 2.62. The number of hydrogen-bond donors (Lipinski definition) is 2. The number of carbonyl (C=O) groups is 1. The summed E-state index contributed by atoms with van der Waals surface area (Å²) in [5.41, 5.74) is 2.65. The Morgan fingerprint density at radius 3 is 2.00 bits per heavy atom. The number of rotatable bonds is 6. The van der Waals surface area contributed by atoms with E-state index in [0.29, 0.717) is 31.7 Å². The summed E-state index contributed by atoms with van der Waals surface area (Å²) < 4.78 is 4.93. The number of amides is 1. The fourth-order valence-corrected chi connectivity index (χ4v) is 2.62. The fraction of sp³-hybridized carbons (Fsp3) is 0.650. The van der Waals surface area contributed by atoms with E-state index in [0.717, 1.165) is 16.7 Å². The number of aromatic hydroxyl groups is 1. The molecule has 0 fully saturated rings. The van der Waals surface area contributed by atoms with Crippen molar-refractivity contribution in [3.05, 3.63) is 28.8 Å². The third-order valence-corrected chi connectivity index (χ3v) is 4.05. The minimum absolute atomic E-state index is 0.0229. The Bertz CT molecular complexity index is 530. The molecule has 0 unspecified atom stereocenters. The average molecular weight is 335 g/mol. The third kappa shape index (κ3) is 5.82. The molecule has 0 spiro atoms. The van der Waals surface area contributed by atoms with E-state index in [1.807, 2.05) is 12.1 Å². The Kier molecular flexibility index (Phi) is 6.85. The highest BCUT2D eigenvalue weighted by Gasteiger charge is 2.26. The first kappa shape index (κ1) is 20.5. The lowest BCUT2D eigenvalue weighted by molar-refractivity contribution is -0.121. The standard InChI is InChI=1S/C20H33NO3/c1-19(2,3)15-12-14(8-9-17(22)21-10-11-24-7)13-16(18(15)23)20(4,5)6/h12-13,23H,8-11H2,1-7H3,(H,21,22). The normalized spacial score (nSPS) is 12.3. The summed E-state index contributed by atoms with van der Waals surface area (Å²) in [4.78, 5) is 11.9. The highest BCUT2D eigenvalue weighted by Crippen LogP contribution is 2.39. The van der Waals surface area contributed by atoms with Crippen molar-refractivity contribution in [3.63, 3.8) is 0 Å². The van der Waals surface area contributed by atoms with Gasteiger partial charge in [-0.1, -0.05) is 53.7 Å². The van der Waals surface area contributed by atoms with Crippen molar-refractivity contribution in [2.24, 2.45) is 0 Å². The Labute approximate surface area is 146 Å². The van der Waals surface area contributed by atoms with Crippen molar-refractivity contribution >= 4 is 5.91 Å². The van der Waals surface area contributed by atoms with Crippen LogP contribution in [0.3, 0.4) is 0 Å². The maximum absolute atomic E-state index is 11.9. The smallest absolute Gasteiger partial charge is 0.220 e.